The summed E-state index contributed by atoms with van der Waals surface area (Å²) in [4.78, 5) is 15.1. The predicted molar refractivity (Wildman–Crippen MR) is 118 cm³/mol. The summed E-state index contributed by atoms with van der Waals surface area (Å²) in [6.07, 6.45) is 3.09. The number of rotatable bonds is 5. The number of aryl methyl sites for hydroxylation is 3. The first-order valence-electron chi connectivity index (χ1n) is 10.6. The lowest BCUT2D eigenvalue weighted by atomic mass is 10.1. The van der Waals surface area contributed by atoms with E-state index in [9.17, 15) is 13.2 Å². The summed E-state index contributed by atoms with van der Waals surface area (Å²) >= 11 is 0. The molecule has 0 aromatic heterocycles. The Morgan fingerprint density at radius 3 is 2.47 bits per heavy atom. The van der Waals surface area contributed by atoms with Crippen LogP contribution in [0, 0.1) is 6.92 Å². The van der Waals surface area contributed by atoms with Crippen LogP contribution in [0.15, 0.2) is 47.4 Å². The molecule has 1 heterocycles. The molecule has 0 saturated carbocycles. The molecule has 1 atom stereocenters. The summed E-state index contributed by atoms with van der Waals surface area (Å²) in [6.45, 7) is 5.71. The van der Waals surface area contributed by atoms with Crippen molar-refractivity contribution < 1.29 is 13.2 Å². The van der Waals surface area contributed by atoms with E-state index < -0.39 is 10.0 Å². The van der Waals surface area contributed by atoms with E-state index in [-0.39, 0.29) is 11.9 Å². The first-order chi connectivity index (χ1) is 14.3. The van der Waals surface area contributed by atoms with Crippen molar-refractivity contribution in [3.63, 3.8) is 0 Å². The van der Waals surface area contributed by atoms with Gasteiger partial charge in [-0.1, -0.05) is 18.2 Å². The zero-order valence-electron chi connectivity index (χ0n) is 17.6. The molecule has 2 aliphatic rings. The Hall–Kier alpha value is -2.22. The fourth-order valence-corrected chi connectivity index (χ4v) is 5.80. The van der Waals surface area contributed by atoms with Crippen LogP contribution in [0.25, 0.3) is 0 Å². The van der Waals surface area contributed by atoms with Crippen LogP contribution in [0.1, 0.15) is 30.0 Å². The molecule has 0 bridgehead atoms. The summed E-state index contributed by atoms with van der Waals surface area (Å²) < 4.78 is 27.7. The van der Waals surface area contributed by atoms with Gasteiger partial charge >= 0.3 is 0 Å². The molecule has 7 heteroatoms. The first-order valence-corrected chi connectivity index (χ1v) is 12.0. The first kappa shape index (κ1) is 21.0. The van der Waals surface area contributed by atoms with Crippen molar-refractivity contribution in [2.45, 2.75) is 44.0 Å². The van der Waals surface area contributed by atoms with Crippen LogP contribution in [-0.4, -0.2) is 55.8 Å². The van der Waals surface area contributed by atoms with Gasteiger partial charge in [0.2, 0.25) is 15.9 Å². The Morgan fingerprint density at radius 2 is 1.73 bits per heavy atom. The fourth-order valence-electron chi connectivity index (χ4n) is 4.32. The highest BCUT2D eigenvalue weighted by molar-refractivity contribution is 7.89. The van der Waals surface area contributed by atoms with Crippen molar-refractivity contribution in [3.8, 4) is 0 Å². The molecule has 1 amide bonds. The molecule has 6 nitrogen and oxygen atoms in total. The van der Waals surface area contributed by atoms with Crippen LogP contribution < -0.4 is 5.32 Å². The Labute approximate surface area is 178 Å². The number of anilines is 1. The van der Waals surface area contributed by atoms with Gasteiger partial charge < -0.3 is 5.32 Å². The van der Waals surface area contributed by atoms with Crippen LogP contribution in [-0.2, 0) is 27.7 Å². The van der Waals surface area contributed by atoms with Crippen LogP contribution in [0.2, 0.25) is 0 Å². The number of carbonyl (C=O) groups excluding carboxylic acids is 1. The summed E-state index contributed by atoms with van der Waals surface area (Å²) in [7, 11) is -3.50. The van der Waals surface area contributed by atoms with E-state index in [4.69, 9.17) is 0 Å². The molecule has 0 spiro atoms. The van der Waals surface area contributed by atoms with Crippen LogP contribution in [0.3, 0.4) is 0 Å². The molecule has 1 saturated heterocycles. The van der Waals surface area contributed by atoms with E-state index in [1.807, 2.05) is 55.1 Å². The summed E-state index contributed by atoms with van der Waals surface area (Å²) in [6, 6.07) is 12.9. The molecule has 1 fully saturated rings. The summed E-state index contributed by atoms with van der Waals surface area (Å²) in [5, 5.41) is 2.96. The van der Waals surface area contributed by atoms with Crippen molar-refractivity contribution in [3.05, 3.63) is 59.2 Å². The van der Waals surface area contributed by atoms with Crippen LogP contribution >= 0.6 is 0 Å². The van der Waals surface area contributed by atoms with E-state index in [2.05, 4.69) is 5.32 Å². The lowest BCUT2D eigenvalue weighted by Crippen LogP contribution is -2.53. The molecule has 0 unspecified atom stereocenters. The second-order valence-corrected chi connectivity index (χ2v) is 10.2. The van der Waals surface area contributed by atoms with Gasteiger partial charge in [-0.2, -0.15) is 4.31 Å². The molecule has 2 aromatic rings. The quantitative estimate of drug-likeness (QED) is 0.797. The number of amides is 1. The number of piperazine rings is 1. The number of sulfonamides is 1. The topological polar surface area (TPSA) is 69.7 Å². The third-order valence-corrected chi connectivity index (χ3v) is 8.09. The molecular weight excluding hydrogens is 398 g/mol. The number of nitrogens with one attached hydrogen (secondary N) is 1. The van der Waals surface area contributed by atoms with Gasteiger partial charge in [-0.05, 0) is 74.1 Å². The van der Waals surface area contributed by atoms with Crippen LogP contribution in [0.4, 0.5) is 5.69 Å². The standard InChI is InChI=1S/C23H29N3O3S/c1-17-5-3-8-21(15-17)24-23(27)18(2)25-11-13-26(14-12-25)30(28,29)22-10-9-19-6-4-7-20(19)16-22/h3,5,8-10,15-16,18H,4,6-7,11-14H2,1-2H3,(H,24,27)/t18-/m1/s1. The molecule has 1 N–H and O–H groups in total. The molecule has 0 radical (unpaired) electrons. The van der Waals surface area contributed by atoms with Crippen molar-refractivity contribution in [1.82, 2.24) is 9.21 Å². The molecule has 30 heavy (non-hydrogen) atoms. The average molecular weight is 428 g/mol. The molecule has 4 rings (SSSR count). The number of benzene rings is 2. The minimum absolute atomic E-state index is 0.0736. The van der Waals surface area contributed by atoms with Gasteiger partial charge in [0.05, 0.1) is 10.9 Å². The molecular formula is C23H29N3O3S. The van der Waals surface area contributed by atoms with Gasteiger partial charge in [-0.15, -0.1) is 0 Å². The highest BCUT2D eigenvalue weighted by Crippen LogP contribution is 2.27. The van der Waals surface area contributed by atoms with E-state index in [0.717, 1.165) is 36.1 Å². The zero-order valence-corrected chi connectivity index (χ0v) is 18.4. The second-order valence-electron chi connectivity index (χ2n) is 8.26. The highest BCUT2D eigenvalue weighted by Gasteiger charge is 2.32. The van der Waals surface area contributed by atoms with Crippen molar-refractivity contribution in [1.29, 1.82) is 0 Å². The largest absolute Gasteiger partial charge is 0.325 e. The average Bonchev–Trinajstić information content (AvgIpc) is 3.21. The summed E-state index contributed by atoms with van der Waals surface area (Å²) in [5.41, 5.74) is 4.30. The number of hydrogen-bond acceptors (Lipinski definition) is 4. The highest BCUT2D eigenvalue weighted by atomic mass is 32.2. The number of fused-ring (bicyclic) bond motifs is 1. The molecule has 2 aromatic carbocycles. The Bertz CT molecular complexity index is 1040. The summed E-state index contributed by atoms with van der Waals surface area (Å²) in [5.74, 6) is -0.0736. The Balaban J connectivity index is 1.37. The Kier molecular flexibility index (Phi) is 5.95. The maximum absolute atomic E-state index is 13.1. The molecule has 160 valence electrons. The van der Waals surface area contributed by atoms with E-state index in [0.29, 0.717) is 31.1 Å². The fraction of sp³-hybridized carbons (Fsp3) is 0.435. The van der Waals surface area contributed by atoms with Crippen molar-refractivity contribution in [2.24, 2.45) is 0 Å². The third kappa shape index (κ3) is 4.29. The van der Waals surface area contributed by atoms with Gasteiger partial charge in [-0.3, -0.25) is 9.69 Å². The minimum atomic E-state index is -3.50. The van der Waals surface area contributed by atoms with E-state index in [1.165, 1.54) is 5.56 Å². The van der Waals surface area contributed by atoms with Gasteiger partial charge in [0.1, 0.15) is 0 Å². The third-order valence-electron chi connectivity index (χ3n) is 6.19. The second kappa shape index (κ2) is 8.49. The van der Waals surface area contributed by atoms with Gasteiger partial charge in [-0.25, -0.2) is 8.42 Å². The van der Waals surface area contributed by atoms with Gasteiger partial charge in [0, 0.05) is 31.9 Å². The maximum Gasteiger partial charge on any atom is 0.243 e. The van der Waals surface area contributed by atoms with Crippen molar-refractivity contribution >= 4 is 21.6 Å². The van der Waals surface area contributed by atoms with Gasteiger partial charge in [0.15, 0.2) is 0 Å². The SMILES string of the molecule is Cc1cccc(NC(=O)[C@@H](C)N2CCN(S(=O)(=O)c3ccc4c(c3)CCC4)CC2)c1. The predicted octanol–water partition coefficient (Wildman–Crippen LogP) is 2.82. The number of carbonyl (C=O) groups is 1. The van der Waals surface area contributed by atoms with Crippen LogP contribution in [0.5, 0.6) is 0 Å². The lowest BCUT2D eigenvalue weighted by Gasteiger charge is -2.36. The maximum atomic E-state index is 13.1. The van der Waals surface area contributed by atoms with E-state index >= 15 is 0 Å². The Morgan fingerprint density at radius 1 is 1.00 bits per heavy atom. The number of hydrogen-bond donors (Lipinski definition) is 1. The van der Waals surface area contributed by atoms with E-state index in [1.54, 1.807) is 10.4 Å². The van der Waals surface area contributed by atoms with Gasteiger partial charge in [0.25, 0.3) is 0 Å². The molecule has 1 aliphatic heterocycles. The smallest absolute Gasteiger partial charge is 0.243 e. The number of nitrogens with zero attached hydrogens (tertiary/aromatic N) is 2. The lowest BCUT2D eigenvalue weighted by molar-refractivity contribution is -0.121. The van der Waals surface area contributed by atoms with Crippen molar-refractivity contribution in [2.75, 3.05) is 31.5 Å². The monoisotopic (exact) mass is 427 g/mol. The zero-order chi connectivity index (χ0) is 21.3. The normalized spacial score (nSPS) is 18.7. The minimum Gasteiger partial charge on any atom is -0.325 e. The molecule has 1 aliphatic carbocycles.